The molecule has 1 amide bonds. The first-order chi connectivity index (χ1) is 18.5. The van der Waals surface area contributed by atoms with Crippen LogP contribution in [-0.4, -0.2) is 37.0 Å². The summed E-state index contributed by atoms with van der Waals surface area (Å²) in [4.78, 5) is 30.8. The summed E-state index contributed by atoms with van der Waals surface area (Å²) in [5, 5.41) is 12.2. The van der Waals surface area contributed by atoms with Crippen molar-refractivity contribution in [2.75, 3.05) is 30.0 Å². The number of ether oxygens (including phenoxy) is 1. The first-order valence-corrected chi connectivity index (χ1v) is 13.5. The quantitative estimate of drug-likeness (QED) is 0.194. The number of hydrogen-bond donors (Lipinski definition) is 1. The number of halogens is 1. The van der Waals surface area contributed by atoms with Gasteiger partial charge < -0.3 is 14.7 Å². The number of nitrogens with zero attached hydrogens (tertiary/aromatic N) is 2. The zero-order valence-electron chi connectivity index (χ0n) is 23.3. The van der Waals surface area contributed by atoms with Gasteiger partial charge in [0.1, 0.15) is 11.5 Å². The van der Waals surface area contributed by atoms with Crippen LogP contribution < -0.4 is 14.5 Å². The highest BCUT2D eigenvalue weighted by Gasteiger charge is 2.47. The highest BCUT2D eigenvalue weighted by Crippen LogP contribution is 2.44. The van der Waals surface area contributed by atoms with Crippen LogP contribution in [0.3, 0.4) is 0 Å². The maximum Gasteiger partial charge on any atom is 0.300 e. The maximum absolute atomic E-state index is 13.6. The Balaban J connectivity index is 1.97. The first-order valence-electron chi connectivity index (χ1n) is 13.1. The van der Waals surface area contributed by atoms with Crippen molar-refractivity contribution in [3.05, 3.63) is 94.0 Å². The minimum atomic E-state index is -0.864. The Morgan fingerprint density at radius 2 is 1.67 bits per heavy atom. The molecule has 0 radical (unpaired) electrons. The SMILES string of the molecule is CCN(CC)c1ccc(C2/C(=C(\O)c3cc(C(C)(C)C)ccc3OC)C(=O)C(=O)N2c2cccc(Cl)c2)cc1. The second-order valence-electron chi connectivity index (χ2n) is 10.6. The van der Waals surface area contributed by atoms with Crippen molar-refractivity contribution in [3.8, 4) is 5.75 Å². The third-order valence-corrected chi connectivity index (χ3v) is 7.42. The number of carbonyl (C=O) groups is 2. The molecule has 7 heteroatoms. The largest absolute Gasteiger partial charge is 0.507 e. The number of ketones is 1. The predicted molar refractivity (Wildman–Crippen MR) is 158 cm³/mol. The third kappa shape index (κ3) is 5.39. The van der Waals surface area contributed by atoms with Crippen LogP contribution >= 0.6 is 11.6 Å². The zero-order valence-corrected chi connectivity index (χ0v) is 24.0. The lowest BCUT2D eigenvalue weighted by Crippen LogP contribution is -2.29. The van der Waals surface area contributed by atoms with Gasteiger partial charge in [0.15, 0.2) is 0 Å². The average molecular weight is 547 g/mol. The molecule has 0 saturated carbocycles. The standard InChI is InChI=1S/C32H35ClN2O4/c1-7-34(8-2)23-15-12-20(13-16-23)28-27(30(37)31(38)35(28)24-11-9-10-22(33)19-24)29(36)25-18-21(32(3,4)5)14-17-26(25)39-6/h9-19,28,36H,7-8H2,1-6H3/b29-27+. The second kappa shape index (κ2) is 11.1. The molecule has 1 aliphatic rings. The van der Waals surface area contributed by atoms with E-state index in [2.05, 4.69) is 39.5 Å². The fourth-order valence-electron chi connectivity index (χ4n) is 5.00. The fourth-order valence-corrected chi connectivity index (χ4v) is 5.19. The summed E-state index contributed by atoms with van der Waals surface area (Å²) in [6.07, 6.45) is 0. The normalized spacial score (nSPS) is 17.0. The van der Waals surface area contributed by atoms with Crippen molar-refractivity contribution in [1.82, 2.24) is 0 Å². The van der Waals surface area contributed by atoms with E-state index in [1.54, 1.807) is 30.3 Å². The molecule has 204 valence electrons. The molecule has 1 aliphatic heterocycles. The van der Waals surface area contributed by atoms with E-state index in [4.69, 9.17) is 16.3 Å². The van der Waals surface area contributed by atoms with Crippen molar-refractivity contribution in [2.24, 2.45) is 0 Å². The Labute approximate surface area is 235 Å². The molecular formula is C32H35ClN2O4. The van der Waals surface area contributed by atoms with Crippen molar-refractivity contribution in [1.29, 1.82) is 0 Å². The van der Waals surface area contributed by atoms with E-state index in [0.29, 0.717) is 27.6 Å². The van der Waals surface area contributed by atoms with Crippen LogP contribution in [-0.2, 0) is 15.0 Å². The van der Waals surface area contributed by atoms with Crippen LogP contribution in [0.5, 0.6) is 5.75 Å². The number of methoxy groups -OCH3 is 1. The number of amides is 1. The van der Waals surface area contributed by atoms with Gasteiger partial charge in [0.25, 0.3) is 11.7 Å². The van der Waals surface area contributed by atoms with Crippen molar-refractivity contribution in [3.63, 3.8) is 0 Å². The van der Waals surface area contributed by atoms with Crippen molar-refractivity contribution >= 4 is 40.4 Å². The van der Waals surface area contributed by atoms with Crippen LogP contribution in [0, 0.1) is 0 Å². The van der Waals surface area contributed by atoms with Crippen LogP contribution in [0.15, 0.2) is 72.3 Å². The molecule has 3 aromatic carbocycles. The Morgan fingerprint density at radius 1 is 1.00 bits per heavy atom. The highest BCUT2D eigenvalue weighted by atomic mass is 35.5. The monoisotopic (exact) mass is 546 g/mol. The number of hydrogen-bond acceptors (Lipinski definition) is 5. The van der Waals surface area contributed by atoms with E-state index in [9.17, 15) is 14.7 Å². The van der Waals surface area contributed by atoms with E-state index in [1.165, 1.54) is 12.0 Å². The second-order valence-corrected chi connectivity index (χ2v) is 11.0. The van der Waals surface area contributed by atoms with Crippen LogP contribution in [0.2, 0.25) is 5.02 Å². The van der Waals surface area contributed by atoms with Gasteiger partial charge in [-0.25, -0.2) is 0 Å². The van der Waals surface area contributed by atoms with Gasteiger partial charge in [0, 0.05) is 29.5 Å². The molecule has 0 aromatic heterocycles. The lowest BCUT2D eigenvalue weighted by atomic mass is 9.85. The van der Waals surface area contributed by atoms with Gasteiger partial charge >= 0.3 is 0 Å². The summed E-state index contributed by atoms with van der Waals surface area (Å²) in [6.45, 7) is 12.1. The molecule has 1 N–H and O–H groups in total. The Hall–Kier alpha value is -3.77. The lowest BCUT2D eigenvalue weighted by molar-refractivity contribution is -0.132. The van der Waals surface area contributed by atoms with Gasteiger partial charge in [-0.15, -0.1) is 0 Å². The molecule has 0 spiro atoms. The molecule has 0 aliphatic carbocycles. The zero-order chi connectivity index (χ0) is 28.5. The molecule has 6 nitrogen and oxygen atoms in total. The molecule has 1 fully saturated rings. The molecule has 1 saturated heterocycles. The summed E-state index contributed by atoms with van der Waals surface area (Å²) < 4.78 is 5.56. The van der Waals surface area contributed by atoms with E-state index < -0.39 is 17.7 Å². The Morgan fingerprint density at radius 3 is 2.23 bits per heavy atom. The van der Waals surface area contributed by atoms with E-state index in [-0.39, 0.29) is 16.7 Å². The number of carbonyl (C=O) groups excluding carboxylic acids is 2. The van der Waals surface area contributed by atoms with Gasteiger partial charge in [-0.2, -0.15) is 0 Å². The van der Waals surface area contributed by atoms with Gasteiger partial charge in [0.05, 0.1) is 24.3 Å². The molecular weight excluding hydrogens is 512 g/mol. The smallest absolute Gasteiger partial charge is 0.300 e. The third-order valence-electron chi connectivity index (χ3n) is 7.19. The van der Waals surface area contributed by atoms with Gasteiger partial charge in [-0.1, -0.05) is 56.6 Å². The number of rotatable bonds is 7. The van der Waals surface area contributed by atoms with Crippen LogP contribution in [0.1, 0.15) is 57.4 Å². The number of aliphatic hydroxyl groups is 1. The first kappa shape index (κ1) is 28.2. The number of anilines is 2. The minimum absolute atomic E-state index is 0.0000705. The molecule has 39 heavy (non-hydrogen) atoms. The van der Waals surface area contributed by atoms with Crippen LogP contribution in [0.4, 0.5) is 11.4 Å². The van der Waals surface area contributed by atoms with Crippen LogP contribution in [0.25, 0.3) is 5.76 Å². The Bertz CT molecular complexity index is 1420. The highest BCUT2D eigenvalue weighted by molar-refractivity contribution is 6.51. The minimum Gasteiger partial charge on any atom is -0.507 e. The van der Waals surface area contributed by atoms with E-state index >= 15 is 0 Å². The van der Waals surface area contributed by atoms with Gasteiger partial charge in [0.2, 0.25) is 0 Å². The van der Waals surface area contributed by atoms with Crippen molar-refractivity contribution < 1.29 is 19.4 Å². The fraction of sp³-hybridized carbons (Fsp3) is 0.312. The summed E-state index contributed by atoms with van der Waals surface area (Å²) in [5.41, 5.74) is 3.29. The summed E-state index contributed by atoms with van der Waals surface area (Å²) in [7, 11) is 1.51. The lowest BCUT2D eigenvalue weighted by Gasteiger charge is -2.27. The molecule has 4 rings (SSSR count). The predicted octanol–water partition coefficient (Wildman–Crippen LogP) is 7.12. The molecule has 3 aromatic rings. The summed E-state index contributed by atoms with van der Waals surface area (Å²) in [5.74, 6) is -1.38. The van der Waals surface area contributed by atoms with Gasteiger partial charge in [-0.3, -0.25) is 14.5 Å². The Kier molecular flexibility index (Phi) is 8.07. The summed E-state index contributed by atoms with van der Waals surface area (Å²) >= 11 is 6.28. The number of Topliss-reactive ketones (excluding diaryl/α,β-unsaturated/α-hetero) is 1. The van der Waals surface area contributed by atoms with E-state index in [0.717, 1.165) is 24.3 Å². The number of benzene rings is 3. The topological polar surface area (TPSA) is 70.1 Å². The summed E-state index contributed by atoms with van der Waals surface area (Å²) in [6, 6.07) is 19.2. The number of aliphatic hydroxyl groups excluding tert-OH is 1. The van der Waals surface area contributed by atoms with Crippen molar-refractivity contribution in [2.45, 2.75) is 46.1 Å². The molecule has 1 unspecified atom stereocenters. The van der Waals surface area contributed by atoms with Gasteiger partial charge in [-0.05, 0) is 72.9 Å². The average Bonchev–Trinajstić information content (AvgIpc) is 3.18. The molecule has 1 atom stereocenters. The molecule has 0 bridgehead atoms. The maximum atomic E-state index is 13.6. The van der Waals surface area contributed by atoms with E-state index in [1.807, 2.05) is 36.4 Å². The molecule has 1 heterocycles.